The van der Waals surface area contributed by atoms with Crippen molar-refractivity contribution >= 4 is 35.1 Å². The van der Waals surface area contributed by atoms with E-state index < -0.39 is 6.04 Å². The van der Waals surface area contributed by atoms with Crippen LogP contribution >= 0.6 is 12.2 Å². The van der Waals surface area contributed by atoms with Crippen LogP contribution in [0.4, 0.5) is 0 Å². The SMILES string of the molecule is COc1ccc2[nH]c(=S)n(C3CCC(=O)NC3=O)c2c1. The fourth-order valence-electron chi connectivity index (χ4n) is 2.47. The van der Waals surface area contributed by atoms with Crippen molar-refractivity contribution in [3.8, 4) is 5.75 Å². The Kier molecular flexibility index (Phi) is 3.06. The fourth-order valence-corrected chi connectivity index (χ4v) is 2.80. The number of nitrogens with zero attached hydrogens (tertiary/aromatic N) is 1. The average molecular weight is 291 g/mol. The molecule has 0 spiro atoms. The number of aromatic nitrogens is 2. The lowest BCUT2D eigenvalue weighted by molar-refractivity contribution is -0.135. The number of methoxy groups -OCH3 is 1. The number of amides is 2. The predicted molar refractivity (Wildman–Crippen MR) is 75.1 cm³/mol. The number of hydrogen-bond acceptors (Lipinski definition) is 4. The molecule has 7 heteroatoms. The van der Waals surface area contributed by atoms with Crippen molar-refractivity contribution in [2.45, 2.75) is 18.9 Å². The Morgan fingerprint density at radius 2 is 2.20 bits per heavy atom. The number of imidazole rings is 1. The molecule has 1 saturated heterocycles. The van der Waals surface area contributed by atoms with Crippen LogP contribution in [0.15, 0.2) is 18.2 Å². The summed E-state index contributed by atoms with van der Waals surface area (Å²) in [4.78, 5) is 26.3. The maximum absolute atomic E-state index is 12.0. The highest BCUT2D eigenvalue weighted by Crippen LogP contribution is 2.27. The highest BCUT2D eigenvalue weighted by atomic mass is 32.1. The first-order chi connectivity index (χ1) is 9.60. The molecule has 2 N–H and O–H groups in total. The summed E-state index contributed by atoms with van der Waals surface area (Å²) in [5.41, 5.74) is 1.63. The molecule has 2 amide bonds. The lowest BCUT2D eigenvalue weighted by atomic mass is 10.1. The van der Waals surface area contributed by atoms with Crippen LogP contribution in [0, 0.1) is 4.77 Å². The highest BCUT2D eigenvalue weighted by Gasteiger charge is 2.29. The molecule has 0 saturated carbocycles. The molecule has 0 radical (unpaired) electrons. The van der Waals surface area contributed by atoms with Crippen molar-refractivity contribution in [3.05, 3.63) is 23.0 Å². The third-order valence-electron chi connectivity index (χ3n) is 3.45. The van der Waals surface area contributed by atoms with Crippen molar-refractivity contribution in [1.29, 1.82) is 0 Å². The van der Waals surface area contributed by atoms with Gasteiger partial charge in [0.25, 0.3) is 0 Å². The van der Waals surface area contributed by atoms with Gasteiger partial charge in [-0.25, -0.2) is 0 Å². The van der Waals surface area contributed by atoms with Crippen LogP contribution in [0.3, 0.4) is 0 Å². The summed E-state index contributed by atoms with van der Waals surface area (Å²) in [6.07, 6.45) is 0.762. The van der Waals surface area contributed by atoms with E-state index in [2.05, 4.69) is 10.3 Å². The molecule has 0 aliphatic carbocycles. The first-order valence-corrected chi connectivity index (χ1v) is 6.63. The molecule has 1 aliphatic rings. The van der Waals surface area contributed by atoms with Crippen LogP contribution in [0.5, 0.6) is 5.75 Å². The first-order valence-electron chi connectivity index (χ1n) is 6.22. The molecule has 2 aromatic rings. The molecular formula is C13H13N3O3S. The second-order valence-corrected chi connectivity index (χ2v) is 5.04. The zero-order chi connectivity index (χ0) is 14.3. The Morgan fingerprint density at radius 3 is 2.90 bits per heavy atom. The van der Waals surface area contributed by atoms with Crippen LogP contribution in [0.25, 0.3) is 11.0 Å². The molecule has 104 valence electrons. The van der Waals surface area contributed by atoms with Crippen LogP contribution in [0.1, 0.15) is 18.9 Å². The van der Waals surface area contributed by atoms with E-state index in [4.69, 9.17) is 17.0 Å². The number of aromatic amines is 1. The van der Waals surface area contributed by atoms with E-state index in [1.165, 1.54) is 0 Å². The number of hydrogen-bond donors (Lipinski definition) is 2. The molecule has 1 fully saturated rings. The number of piperidine rings is 1. The number of benzene rings is 1. The van der Waals surface area contributed by atoms with Gasteiger partial charge in [0, 0.05) is 12.5 Å². The fraction of sp³-hybridized carbons (Fsp3) is 0.308. The number of carbonyl (C=O) groups excluding carboxylic acids is 2. The van der Waals surface area contributed by atoms with Gasteiger partial charge >= 0.3 is 0 Å². The normalized spacial score (nSPS) is 19.1. The highest BCUT2D eigenvalue weighted by molar-refractivity contribution is 7.71. The monoisotopic (exact) mass is 291 g/mol. The zero-order valence-corrected chi connectivity index (χ0v) is 11.6. The van der Waals surface area contributed by atoms with Crippen molar-refractivity contribution in [2.75, 3.05) is 7.11 Å². The first kappa shape index (κ1) is 12.9. The third-order valence-corrected chi connectivity index (χ3v) is 3.75. The molecule has 1 unspecified atom stereocenters. The largest absolute Gasteiger partial charge is 0.497 e. The number of nitrogens with one attached hydrogen (secondary N) is 2. The number of fused-ring (bicyclic) bond motifs is 1. The summed E-state index contributed by atoms with van der Waals surface area (Å²) < 4.78 is 7.41. The Labute approximate surface area is 119 Å². The van der Waals surface area contributed by atoms with Gasteiger partial charge in [-0.1, -0.05) is 0 Å². The van der Waals surface area contributed by atoms with E-state index in [1.54, 1.807) is 11.7 Å². The molecule has 1 atom stereocenters. The van der Waals surface area contributed by atoms with Crippen LogP contribution < -0.4 is 10.1 Å². The minimum absolute atomic E-state index is 0.241. The van der Waals surface area contributed by atoms with Gasteiger partial charge in [-0.3, -0.25) is 14.9 Å². The zero-order valence-electron chi connectivity index (χ0n) is 10.8. The van der Waals surface area contributed by atoms with Crippen molar-refractivity contribution in [3.63, 3.8) is 0 Å². The number of imide groups is 1. The average Bonchev–Trinajstić information content (AvgIpc) is 2.74. The van der Waals surface area contributed by atoms with E-state index in [9.17, 15) is 9.59 Å². The van der Waals surface area contributed by atoms with Gasteiger partial charge in [0.05, 0.1) is 18.1 Å². The second-order valence-electron chi connectivity index (χ2n) is 4.65. The Bertz CT molecular complexity index is 762. The summed E-state index contributed by atoms with van der Waals surface area (Å²) in [5.74, 6) is 0.129. The lowest BCUT2D eigenvalue weighted by Gasteiger charge is -2.22. The quantitative estimate of drug-likeness (QED) is 0.652. The standard InChI is InChI=1S/C13H13N3O3S/c1-19-7-2-3-8-10(6-7)16(13(20)14-8)9-4-5-11(17)15-12(9)18/h2-3,6,9H,4-5H2,1H3,(H,14,20)(H,15,17,18). The van der Waals surface area contributed by atoms with E-state index in [0.717, 1.165) is 11.0 Å². The van der Waals surface area contributed by atoms with E-state index in [0.29, 0.717) is 23.4 Å². The minimum Gasteiger partial charge on any atom is -0.497 e. The molecule has 6 nitrogen and oxygen atoms in total. The van der Waals surface area contributed by atoms with Gasteiger partial charge in [0.15, 0.2) is 4.77 Å². The van der Waals surface area contributed by atoms with Gasteiger partial charge in [0.2, 0.25) is 11.8 Å². The topological polar surface area (TPSA) is 76.1 Å². The van der Waals surface area contributed by atoms with Gasteiger partial charge < -0.3 is 14.3 Å². The predicted octanol–water partition coefficient (Wildman–Crippen LogP) is 1.69. The van der Waals surface area contributed by atoms with Crippen LogP contribution in [-0.2, 0) is 9.59 Å². The third kappa shape index (κ3) is 2.00. The molecule has 1 aromatic heterocycles. The summed E-state index contributed by atoms with van der Waals surface area (Å²) in [7, 11) is 1.58. The smallest absolute Gasteiger partial charge is 0.249 e. The van der Waals surface area contributed by atoms with Crippen LogP contribution in [0.2, 0.25) is 0 Å². The Balaban J connectivity index is 2.15. The number of ether oxygens (including phenoxy) is 1. The minimum atomic E-state index is -0.471. The number of carbonyl (C=O) groups is 2. The molecule has 1 aromatic carbocycles. The molecule has 2 heterocycles. The van der Waals surface area contributed by atoms with Crippen molar-refractivity contribution in [2.24, 2.45) is 0 Å². The van der Waals surface area contributed by atoms with E-state index in [1.807, 2.05) is 18.2 Å². The Hall–Kier alpha value is -2.15. The summed E-state index contributed by atoms with van der Waals surface area (Å²) in [6, 6.07) is 5.03. The second kappa shape index (κ2) is 4.75. The van der Waals surface area contributed by atoms with E-state index in [-0.39, 0.29) is 11.8 Å². The van der Waals surface area contributed by atoms with E-state index >= 15 is 0 Å². The molecule has 20 heavy (non-hydrogen) atoms. The molecular weight excluding hydrogens is 278 g/mol. The van der Waals surface area contributed by atoms with Crippen molar-refractivity contribution in [1.82, 2.24) is 14.9 Å². The summed E-state index contributed by atoms with van der Waals surface area (Å²) in [5, 5.41) is 2.35. The van der Waals surface area contributed by atoms with Gasteiger partial charge in [-0.2, -0.15) is 0 Å². The van der Waals surface area contributed by atoms with Gasteiger partial charge in [0.1, 0.15) is 11.8 Å². The molecule has 0 bridgehead atoms. The van der Waals surface area contributed by atoms with Crippen molar-refractivity contribution < 1.29 is 14.3 Å². The lowest BCUT2D eigenvalue weighted by Crippen LogP contribution is -2.41. The van der Waals surface area contributed by atoms with Gasteiger partial charge in [-0.05, 0) is 30.8 Å². The molecule has 3 rings (SSSR count). The summed E-state index contributed by atoms with van der Waals surface area (Å²) in [6.45, 7) is 0. The Morgan fingerprint density at radius 1 is 1.40 bits per heavy atom. The number of rotatable bonds is 2. The maximum atomic E-state index is 12.0. The number of H-pyrrole nitrogens is 1. The maximum Gasteiger partial charge on any atom is 0.249 e. The molecule has 1 aliphatic heterocycles. The van der Waals surface area contributed by atoms with Gasteiger partial charge in [-0.15, -0.1) is 0 Å². The summed E-state index contributed by atoms with van der Waals surface area (Å²) >= 11 is 5.30. The van der Waals surface area contributed by atoms with Crippen LogP contribution in [-0.4, -0.2) is 28.5 Å².